The Balaban J connectivity index is 2.00. The summed E-state index contributed by atoms with van der Waals surface area (Å²) in [5, 5.41) is 10.5. The predicted octanol–water partition coefficient (Wildman–Crippen LogP) is 1.73. The molecule has 0 N–H and O–H groups in total. The van der Waals surface area contributed by atoms with Crippen molar-refractivity contribution in [2.24, 2.45) is 5.92 Å². The minimum absolute atomic E-state index is 0.0663. The summed E-state index contributed by atoms with van der Waals surface area (Å²) in [7, 11) is -3.88. The zero-order valence-electron chi connectivity index (χ0n) is 10.7. The van der Waals surface area contributed by atoms with Gasteiger partial charge >= 0.3 is 0 Å². The van der Waals surface area contributed by atoms with E-state index in [-0.39, 0.29) is 23.1 Å². The second-order valence-electron chi connectivity index (χ2n) is 4.57. The summed E-state index contributed by atoms with van der Waals surface area (Å²) in [6, 6.07) is 4.62. The molecule has 0 radical (unpaired) electrons. The molecular weight excluding hydrogens is 286 g/mol. The lowest BCUT2D eigenvalue weighted by Gasteiger charge is -2.21. The highest BCUT2D eigenvalue weighted by molar-refractivity contribution is 7.86. The molecule has 2 rings (SSSR count). The van der Waals surface area contributed by atoms with E-state index < -0.39 is 15.0 Å². The zero-order valence-corrected chi connectivity index (χ0v) is 11.5. The van der Waals surface area contributed by atoms with Crippen molar-refractivity contribution < 1.29 is 22.3 Å². The lowest BCUT2D eigenvalue weighted by Crippen LogP contribution is -2.23. The van der Waals surface area contributed by atoms with Gasteiger partial charge in [-0.25, -0.2) is 0 Å². The summed E-state index contributed by atoms with van der Waals surface area (Å²) < 4.78 is 34.1. The highest BCUT2D eigenvalue weighted by Crippen LogP contribution is 2.20. The first-order chi connectivity index (χ1) is 9.49. The lowest BCUT2D eigenvalue weighted by atomic mass is 10.0. The summed E-state index contributed by atoms with van der Waals surface area (Å²) in [5.74, 6) is 0.0663. The zero-order chi connectivity index (χ0) is 14.6. The molecule has 1 saturated heterocycles. The number of rotatable bonds is 5. The summed E-state index contributed by atoms with van der Waals surface area (Å²) in [5.41, 5.74) is -0.162. The van der Waals surface area contributed by atoms with Crippen LogP contribution in [-0.4, -0.2) is 33.2 Å². The van der Waals surface area contributed by atoms with Crippen molar-refractivity contribution in [1.82, 2.24) is 0 Å². The number of hydrogen-bond acceptors (Lipinski definition) is 6. The van der Waals surface area contributed by atoms with Crippen LogP contribution in [0.15, 0.2) is 29.2 Å². The Morgan fingerprint density at radius 1 is 1.35 bits per heavy atom. The van der Waals surface area contributed by atoms with Crippen LogP contribution in [0.1, 0.15) is 12.8 Å². The average molecular weight is 301 g/mol. The molecule has 0 amide bonds. The van der Waals surface area contributed by atoms with Gasteiger partial charge in [0.2, 0.25) is 0 Å². The Kier molecular flexibility index (Phi) is 4.69. The second-order valence-corrected chi connectivity index (χ2v) is 6.19. The second kappa shape index (κ2) is 6.29. The Morgan fingerprint density at radius 2 is 2.05 bits per heavy atom. The SMILES string of the molecule is O=[N+]([O-])c1ccc(S(=O)(=O)OCC2CCCOC2)cc1. The number of nitro groups is 1. The van der Waals surface area contributed by atoms with E-state index in [0.717, 1.165) is 25.0 Å². The molecule has 1 heterocycles. The third-order valence-electron chi connectivity index (χ3n) is 3.05. The molecule has 110 valence electrons. The molecule has 0 aliphatic carbocycles. The Bertz CT molecular complexity index is 562. The molecule has 1 aliphatic rings. The summed E-state index contributed by atoms with van der Waals surface area (Å²) in [6.45, 7) is 1.26. The van der Waals surface area contributed by atoms with Gasteiger partial charge in [-0.1, -0.05) is 0 Å². The third kappa shape index (κ3) is 3.75. The number of nitro benzene ring substituents is 1. The molecule has 7 nitrogen and oxygen atoms in total. The quantitative estimate of drug-likeness (QED) is 0.467. The topological polar surface area (TPSA) is 95.7 Å². The van der Waals surface area contributed by atoms with Crippen LogP contribution >= 0.6 is 0 Å². The molecule has 8 heteroatoms. The normalized spacial score (nSPS) is 19.7. The molecule has 0 bridgehead atoms. The van der Waals surface area contributed by atoms with Crippen LogP contribution in [-0.2, 0) is 19.0 Å². The minimum atomic E-state index is -3.88. The van der Waals surface area contributed by atoms with Crippen LogP contribution in [0, 0.1) is 16.0 Å². The van der Waals surface area contributed by atoms with E-state index in [1.165, 1.54) is 12.1 Å². The smallest absolute Gasteiger partial charge is 0.296 e. The highest BCUT2D eigenvalue weighted by Gasteiger charge is 2.21. The van der Waals surface area contributed by atoms with Gasteiger partial charge in [0.05, 0.1) is 23.0 Å². The third-order valence-corrected chi connectivity index (χ3v) is 4.35. The van der Waals surface area contributed by atoms with Crippen LogP contribution in [0.4, 0.5) is 5.69 Å². The van der Waals surface area contributed by atoms with Crippen LogP contribution in [0.3, 0.4) is 0 Å². The number of benzene rings is 1. The molecule has 1 atom stereocenters. The molecular formula is C12H15NO6S. The van der Waals surface area contributed by atoms with E-state index in [1.54, 1.807) is 0 Å². The first-order valence-electron chi connectivity index (χ1n) is 6.21. The maximum absolute atomic E-state index is 11.9. The summed E-state index contributed by atoms with van der Waals surface area (Å²) in [4.78, 5) is 9.83. The molecule has 1 aliphatic heterocycles. The van der Waals surface area contributed by atoms with E-state index in [9.17, 15) is 18.5 Å². The summed E-state index contributed by atoms with van der Waals surface area (Å²) in [6.07, 6.45) is 1.77. The van der Waals surface area contributed by atoms with Gasteiger partial charge in [0.25, 0.3) is 15.8 Å². The first-order valence-corrected chi connectivity index (χ1v) is 7.61. The minimum Gasteiger partial charge on any atom is -0.381 e. The average Bonchev–Trinajstić information content (AvgIpc) is 2.46. The van der Waals surface area contributed by atoms with Crippen molar-refractivity contribution in [3.8, 4) is 0 Å². The van der Waals surface area contributed by atoms with Gasteiger partial charge in [-0.3, -0.25) is 14.3 Å². The fraction of sp³-hybridized carbons (Fsp3) is 0.500. The van der Waals surface area contributed by atoms with Crippen molar-refractivity contribution in [3.05, 3.63) is 34.4 Å². The van der Waals surface area contributed by atoms with E-state index in [4.69, 9.17) is 8.92 Å². The largest absolute Gasteiger partial charge is 0.381 e. The Morgan fingerprint density at radius 3 is 2.60 bits per heavy atom. The highest BCUT2D eigenvalue weighted by atomic mass is 32.2. The molecule has 1 unspecified atom stereocenters. The Labute approximate surface area is 116 Å². The van der Waals surface area contributed by atoms with Gasteiger partial charge in [0, 0.05) is 24.7 Å². The number of ether oxygens (including phenoxy) is 1. The predicted molar refractivity (Wildman–Crippen MR) is 69.8 cm³/mol. The van der Waals surface area contributed by atoms with Gasteiger partial charge in [-0.05, 0) is 25.0 Å². The molecule has 1 fully saturated rings. The van der Waals surface area contributed by atoms with Gasteiger partial charge in [-0.15, -0.1) is 0 Å². The van der Waals surface area contributed by atoms with Gasteiger partial charge in [0.15, 0.2) is 0 Å². The van der Waals surface area contributed by atoms with E-state index in [1.807, 2.05) is 0 Å². The van der Waals surface area contributed by atoms with E-state index in [2.05, 4.69) is 0 Å². The maximum atomic E-state index is 11.9. The van der Waals surface area contributed by atoms with Gasteiger partial charge < -0.3 is 4.74 Å². The van der Waals surface area contributed by atoms with Crippen LogP contribution in [0.2, 0.25) is 0 Å². The number of nitrogens with zero attached hydrogens (tertiary/aromatic N) is 1. The lowest BCUT2D eigenvalue weighted by molar-refractivity contribution is -0.384. The molecule has 0 aromatic heterocycles. The van der Waals surface area contributed by atoms with Gasteiger partial charge in [0.1, 0.15) is 0 Å². The van der Waals surface area contributed by atoms with Crippen LogP contribution in [0.25, 0.3) is 0 Å². The van der Waals surface area contributed by atoms with Crippen molar-refractivity contribution in [2.45, 2.75) is 17.7 Å². The fourth-order valence-corrected chi connectivity index (χ4v) is 2.90. The van der Waals surface area contributed by atoms with Crippen molar-refractivity contribution in [2.75, 3.05) is 19.8 Å². The molecule has 20 heavy (non-hydrogen) atoms. The van der Waals surface area contributed by atoms with Gasteiger partial charge in [-0.2, -0.15) is 8.42 Å². The summed E-state index contributed by atoms with van der Waals surface area (Å²) >= 11 is 0. The van der Waals surface area contributed by atoms with Crippen molar-refractivity contribution >= 4 is 15.8 Å². The monoisotopic (exact) mass is 301 g/mol. The molecule has 1 aromatic rings. The Hall–Kier alpha value is -1.51. The van der Waals surface area contributed by atoms with Crippen LogP contribution in [0.5, 0.6) is 0 Å². The maximum Gasteiger partial charge on any atom is 0.296 e. The molecule has 0 saturated carbocycles. The molecule has 0 spiro atoms. The fourth-order valence-electron chi connectivity index (χ4n) is 1.93. The molecule has 1 aromatic carbocycles. The van der Waals surface area contributed by atoms with E-state index >= 15 is 0 Å². The van der Waals surface area contributed by atoms with E-state index in [0.29, 0.717) is 13.2 Å². The number of non-ortho nitro benzene ring substituents is 1. The number of hydrogen-bond donors (Lipinski definition) is 0. The van der Waals surface area contributed by atoms with Crippen molar-refractivity contribution in [3.63, 3.8) is 0 Å². The standard InChI is InChI=1S/C12H15NO6S/c14-13(15)11-3-5-12(6-4-11)20(16,17)19-9-10-2-1-7-18-8-10/h3-6,10H,1-2,7-9H2. The van der Waals surface area contributed by atoms with Crippen molar-refractivity contribution in [1.29, 1.82) is 0 Å². The van der Waals surface area contributed by atoms with Crippen LogP contribution < -0.4 is 0 Å². The first kappa shape index (κ1) is 14.9.